The molecule has 2 aromatic rings. The van der Waals surface area contributed by atoms with Gasteiger partial charge in [0, 0.05) is 17.6 Å². The van der Waals surface area contributed by atoms with Crippen molar-refractivity contribution in [2.75, 3.05) is 17.1 Å². The number of nitrogens with one attached hydrogen (secondary N) is 1. The highest BCUT2D eigenvalue weighted by Gasteiger charge is 2.32. The van der Waals surface area contributed by atoms with E-state index in [0.717, 1.165) is 33.7 Å². The third-order valence-corrected chi connectivity index (χ3v) is 7.50. The van der Waals surface area contributed by atoms with Gasteiger partial charge in [-0.1, -0.05) is 43.6 Å². The smallest absolute Gasteiger partial charge is 0.244 e. The van der Waals surface area contributed by atoms with E-state index in [0.29, 0.717) is 17.1 Å². The van der Waals surface area contributed by atoms with Crippen molar-refractivity contribution in [3.63, 3.8) is 0 Å². The average Bonchev–Trinajstić information content (AvgIpc) is 2.79. The SMILES string of the molecule is CC[C@@H](C)NC(=O)[C@H](CC)N(Cc1ccc(Cl)cc1)C(=O)CN(c1ccc(C)c(C)c1)S(C)(=O)=O. The Morgan fingerprint density at radius 1 is 1.00 bits per heavy atom. The molecule has 0 spiro atoms. The van der Waals surface area contributed by atoms with Crippen LogP contribution in [-0.4, -0.2) is 50.0 Å². The van der Waals surface area contributed by atoms with Crippen LogP contribution >= 0.6 is 11.6 Å². The molecule has 0 aromatic heterocycles. The zero-order valence-corrected chi connectivity index (χ0v) is 22.9. The Morgan fingerprint density at radius 2 is 1.63 bits per heavy atom. The molecule has 2 atom stereocenters. The number of amides is 2. The summed E-state index contributed by atoms with van der Waals surface area (Å²) in [4.78, 5) is 28.2. The third-order valence-electron chi connectivity index (χ3n) is 6.11. The molecule has 1 N–H and O–H groups in total. The molecule has 2 aromatic carbocycles. The first-order valence-electron chi connectivity index (χ1n) is 11.8. The van der Waals surface area contributed by atoms with Crippen LogP contribution in [0.4, 0.5) is 5.69 Å². The summed E-state index contributed by atoms with van der Waals surface area (Å²) in [5, 5.41) is 3.52. The second-order valence-electron chi connectivity index (χ2n) is 8.93. The topological polar surface area (TPSA) is 86.8 Å². The van der Waals surface area contributed by atoms with Crippen LogP contribution < -0.4 is 9.62 Å². The third kappa shape index (κ3) is 7.97. The number of anilines is 1. The van der Waals surface area contributed by atoms with Crippen LogP contribution in [0, 0.1) is 13.8 Å². The van der Waals surface area contributed by atoms with Gasteiger partial charge in [-0.15, -0.1) is 0 Å². The number of carbonyl (C=O) groups is 2. The first-order chi connectivity index (χ1) is 16.4. The number of hydrogen-bond acceptors (Lipinski definition) is 4. The molecule has 9 heteroatoms. The molecule has 2 rings (SSSR count). The molecule has 0 unspecified atom stereocenters. The largest absolute Gasteiger partial charge is 0.352 e. The molecule has 0 aliphatic rings. The van der Waals surface area contributed by atoms with Gasteiger partial charge < -0.3 is 10.2 Å². The van der Waals surface area contributed by atoms with Crippen molar-refractivity contribution in [1.29, 1.82) is 0 Å². The molecule has 0 aliphatic heterocycles. The van der Waals surface area contributed by atoms with E-state index in [9.17, 15) is 18.0 Å². The molecule has 0 saturated heterocycles. The van der Waals surface area contributed by atoms with Gasteiger partial charge in [-0.3, -0.25) is 13.9 Å². The molecule has 0 bridgehead atoms. The lowest BCUT2D eigenvalue weighted by Gasteiger charge is -2.33. The number of carbonyl (C=O) groups excluding carboxylic acids is 2. The molecular weight excluding hydrogens is 486 g/mol. The summed E-state index contributed by atoms with van der Waals surface area (Å²) in [6, 6.07) is 11.5. The summed E-state index contributed by atoms with van der Waals surface area (Å²) in [6.45, 7) is 9.26. The maximum atomic E-state index is 13.7. The minimum absolute atomic E-state index is 0.0490. The monoisotopic (exact) mass is 521 g/mol. The van der Waals surface area contributed by atoms with Crippen molar-refractivity contribution in [2.45, 2.75) is 66.1 Å². The number of nitrogens with zero attached hydrogens (tertiary/aromatic N) is 2. The maximum Gasteiger partial charge on any atom is 0.244 e. The molecule has 0 saturated carbocycles. The second kappa shape index (κ2) is 12.4. The number of hydrogen-bond donors (Lipinski definition) is 1. The number of benzene rings is 2. The zero-order chi connectivity index (χ0) is 26.3. The summed E-state index contributed by atoms with van der Waals surface area (Å²) in [7, 11) is -3.76. The fourth-order valence-corrected chi connectivity index (χ4v) is 4.61. The van der Waals surface area contributed by atoms with Crippen LogP contribution in [0.1, 0.15) is 50.3 Å². The summed E-state index contributed by atoms with van der Waals surface area (Å²) in [5.41, 5.74) is 3.13. The summed E-state index contributed by atoms with van der Waals surface area (Å²) in [5.74, 6) is -0.726. The van der Waals surface area contributed by atoms with Gasteiger partial charge in [-0.25, -0.2) is 8.42 Å². The summed E-state index contributed by atoms with van der Waals surface area (Å²) >= 11 is 6.02. The van der Waals surface area contributed by atoms with E-state index in [1.54, 1.807) is 36.4 Å². The van der Waals surface area contributed by atoms with E-state index in [1.807, 2.05) is 40.7 Å². The Hall–Kier alpha value is -2.58. The Labute approximate surface area is 214 Å². The van der Waals surface area contributed by atoms with Crippen LogP contribution in [0.2, 0.25) is 5.02 Å². The van der Waals surface area contributed by atoms with Crippen molar-refractivity contribution in [1.82, 2.24) is 10.2 Å². The average molecular weight is 522 g/mol. The lowest BCUT2D eigenvalue weighted by atomic mass is 10.1. The number of aryl methyl sites for hydroxylation is 2. The van der Waals surface area contributed by atoms with Gasteiger partial charge in [0.05, 0.1) is 11.9 Å². The second-order valence-corrected chi connectivity index (χ2v) is 11.3. The minimum Gasteiger partial charge on any atom is -0.352 e. The van der Waals surface area contributed by atoms with Gasteiger partial charge in [0.25, 0.3) is 0 Å². The van der Waals surface area contributed by atoms with Gasteiger partial charge in [-0.05, 0) is 74.6 Å². The Kier molecular flexibility index (Phi) is 10.2. The van der Waals surface area contributed by atoms with Crippen molar-refractivity contribution in [2.24, 2.45) is 0 Å². The predicted octanol–water partition coefficient (Wildman–Crippen LogP) is 4.44. The van der Waals surface area contributed by atoms with Crippen LogP contribution in [0.15, 0.2) is 42.5 Å². The van der Waals surface area contributed by atoms with Crippen molar-refractivity contribution < 1.29 is 18.0 Å². The number of halogens is 1. The van der Waals surface area contributed by atoms with E-state index >= 15 is 0 Å². The summed E-state index contributed by atoms with van der Waals surface area (Å²) < 4.78 is 26.5. The van der Waals surface area contributed by atoms with Gasteiger partial charge in [-0.2, -0.15) is 0 Å². The predicted molar refractivity (Wildman–Crippen MR) is 142 cm³/mol. The lowest BCUT2D eigenvalue weighted by Crippen LogP contribution is -2.53. The standard InChI is InChI=1S/C26H36ClN3O4S/c1-7-20(5)28-26(32)24(8-2)29(16-21-10-12-22(27)13-11-21)25(31)17-30(35(6,33)34)23-14-9-18(3)19(4)15-23/h9-15,20,24H,7-8,16-17H2,1-6H3,(H,28,32)/t20-,24+/m1/s1. The fraction of sp³-hybridized carbons (Fsp3) is 0.462. The van der Waals surface area contributed by atoms with Crippen LogP contribution in [0.5, 0.6) is 0 Å². The Bertz CT molecular complexity index is 1140. The van der Waals surface area contributed by atoms with Crippen LogP contribution in [0.3, 0.4) is 0 Å². The van der Waals surface area contributed by atoms with Gasteiger partial charge in [0.1, 0.15) is 12.6 Å². The highest BCUT2D eigenvalue weighted by atomic mass is 35.5. The minimum atomic E-state index is -3.76. The van der Waals surface area contributed by atoms with Crippen molar-refractivity contribution >= 4 is 39.1 Å². The molecule has 0 aliphatic carbocycles. The fourth-order valence-electron chi connectivity index (χ4n) is 3.64. The molecule has 0 heterocycles. The highest BCUT2D eigenvalue weighted by molar-refractivity contribution is 7.92. The molecule has 7 nitrogen and oxygen atoms in total. The van der Waals surface area contributed by atoms with Crippen LogP contribution in [0.25, 0.3) is 0 Å². The van der Waals surface area contributed by atoms with E-state index in [1.165, 1.54) is 4.90 Å². The zero-order valence-electron chi connectivity index (χ0n) is 21.3. The molecule has 35 heavy (non-hydrogen) atoms. The van der Waals surface area contributed by atoms with Crippen LogP contribution in [-0.2, 0) is 26.2 Å². The lowest BCUT2D eigenvalue weighted by molar-refractivity contribution is -0.140. The van der Waals surface area contributed by atoms with E-state index in [2.05, 4.69) is 5.32 Å². The molecule has 0 fully saturated rings. The van der Waals surface area contributed by atoms with E-state index in [4.69, 9.17) is 11.6 Å². The molecular formula is C26H36ClN3O4S. The Morgan fingerprint density at radius 3 is 2.14 bits per heavy atom. The first kappa shape index (κ1) is 28.7. The Balaban J connectivity index is 2.45. The normalized spacial score (nSPS) is 13.1. The first-order valence-corrected chi connectivity index (χ1v) is 14.0. The molecule has 192 valence electrons. The number of sulfonamides is 1. The maximum absolute atomic E-state index is 13.7. The van der Waals surface area contributed by atoms with Crippen molar-refractivity contribution in [3.8, 4) is 0 Å². The summed E-state index contributed by atoms with van der Waals surface area (Å²) in [6.07, 6.45) is 2.21. The number of rotatable bonds is 11. The van der Waals surface area contributed by atoms with Gasteiger partial charge in [0.15, 0.2) is 0 Å². The van der Waals surface area contributed by atoms with E-state index < -0.39 is 28.5 Å². The van der Waals surface area contributed by atoms with Gasteiger partial charge in [0.2, 0.25) is 21.8 Å². The highest BCUT2D eigenvalue weighted by Crippen LogP contribution is 2.23. The quantitative estimate of drug-likeness (QED) is 0.473. The molecule has 0 radical (unpaired) electrons. The van der Waals surface area contributed by atoms with Gasteiger partial charge >= 0.3 is 0 Å². The van der Waals surface area contributed by atoms with E-state index in [-0.39, 0.29) is 18.5 Å². The van der Waals surface area contributed by atoms with Crippen molar-refractivity contribution in [3.05, 3.63) is 64.2 Å². The molecule has 2 amide bonds.